The van der Waals surface area contributed by atoms with E-state index >= 15 is 0 Å². The second kappa shape index (κ2) is 8.25. The molecule has 0 aliphatic rings. The average Bonchev–Trinajstić information content (AvgIpc) is 2.97. The van der Waals surface area contributed by atoms with Gasteiger partial charge in [-0.15, -0.1) is 11.3 Å². The first kappa shape index (κ1) is 19.6. The minimum Gasteiger partial charge on any atom is -0.465 e. The lowest BCUT2D eigenvalue weighted by Gasteiger charge is -2.16. The molecule has 0 saturated carbocycles. The summed E-state index contributed by atoms with van der Waals surface area (Å²) in [5, 5.41) is 8.18. The summed E-state index contributed by atoms with van der Waals surface area (Å²) in [5.41, 5.74) is 3.00. The largest absolute Gasteiger partial charge is 0.465 e. The SMILES string of the molecule is COC(=O)c1sc2cc(NC(=S)Nc3ccccc3C(C)C)ccc2c1Cl. The number of benzene rings is 2. The van der Waals surface area contributed by atoms with Gasteiger partial charge in [0.25, 0.3) is 0 Å². The van der Waals surface area contributed by atoms with Gasteiger partial charge in [-0.25, -0.2) is 4.79 Å². The third-order valence-corrected chi connectivity index (χ3v) is 5.93. The fourth-order valence-electron chi connectivity index (χ4n) is 2.77. The average molecular weight is 419 g/mol. The van der Waals surface area contributed by atoms with Crippen molar-refractivity contribution in [3.05, 3.63) is 57.9 Å². The summed E-state index contributed by atoms with van der Waals surface area (Å²) in [6.45, 7) is 4.29. The van der Waals surface area contributed by atoms with Gasteiger partial charge in [0.15, 0.2) is 5.11 Å². The van der Waals surface area contributed by atoms with Crippen LogP contribution >= 0.6 is 35.2 Å². The van der Waals surface area contributed by atoms with Crippen LogP contribution in [0.25, 0.3) is 10.1 Å². The van der Waals surface area contributed by atoms with Crippen LogP contribution in [0.4, 0.5) is 11.4 Å². The monoisotopic (exact) mass is 418 g/mol. The lowest BCUT2D eigenvalue weighted by atomic mass is 10.0. The van der Waals surface area contributed by atoms with Gasteiger partial charge in [0.1, 0.15) is 4.88 Å². The molecular weight excluding hydrogens is 400 g/mol. The molecular formula is C20H19ClN2O2S2. The van der Waals surface area contributed by atoms with Crippen LogP contribution < -0.4 is 10.6 Å². The Balaban J connectivity index is 1.80. The topological polar surface area (TPSA) is 50.4 Å². The number of carbonyl (C=O) groups excluding carboxylic acids is 1. The summed E-state index contributed by atoms with van der Waals surface area (Å²) in [6.07, 6.45) is 0. The summed E-state index contributed by atoms with van der Waals surface area (Å²) in [7, 11) is 1.34. The number of esters is 1. The lowest BCUT2D eigenvalue weighted by Crippen LogP contribution is -2.20. The molecule has 0 fully saturated rings. The van der Waals surface area contributed by atoms with E-state index in [1.165, 1.54) is 24.0 Å². The molecule has 2 N–H and O–H groups in total. The van der Waals surface area contributed by atoms with E-state index in [1.807, 2.05) is 36.4 Å². The Hall–Kier alpha value is -2.15. The smallest absolute Gasteiger partial charge is 0.349 e. The van der Waals surface area contributed by atoms with Gasteiger partial charge in [-0.1, -0.05) is 43.6 Å². The maximum atomic E-state index is 11.8. The summed E-state index contributed by atoms with van der Waals surface area (Å²) in [6, 6.07) is 13.8. The zero-order chi connectivity index (χ0) is 19.6. The number of anilines is 2. The molecule has 0 atom stereocenters. The van der Waals surface area contributed by atoms with E-state index in [0.717, 1.165) is 21.5 Å². The molecule has 0 spiro atoms. The van der Waals surface area contributed by atoms with Gasteiger partial charge in [0.2, 0.25) is 0 Å². The molecule has 3 rings (SSSR count). The number of thiophene rings is 1. The van der Waals surface area contributed by atoms with E-state index < -0.39 is 5.97 Å². The molecule has 0 radical (unpaired) electrons. The van der Waals surface area contributed by atoms with Crippen LogP contribution in [0.5, 0.6) is 0 Å². The van der Waals surface area contributed by atoms with Gasteiger partial charge in [-0.05, 0) is 48.0 Å². The molecule has 0 amide bonds. The molecule has 7 heteroatoms. The second-order valence-electron chi connectivity index (χ2n) is 6.27. The number of carbonyl (C=O) groups is 1. The van der Waals surface area contributed by atoms with Gasteiger partial charge in [0.05, 0.1) is 12.1 Å². The highest BCUT2D eigenvalue weighted by Crippen LogP contribution is 2.37. The van der Waals surface area contributed by atoms with Crippen molar-refractivity contribution in [2.45, 2.75) is 19.8 Å². The van der Waals surface area contributed by atoms with E-state index in [-0.39, 0.29) is 0 Å². The van der Waals surface area contributed by atoms with Crippen LogP contribution in [0.1, 0.15) is 35.0 Å². The van der Waals surface area contributed by atoms with Crippen molar-refractivity contribution in [3.63, 3.8) is 0 Å². The maximum absolute atomic E-state index is 11.8. The number of fused-ring (bicyclic) bond motifs is 1. The number of hydrogen-bond acceptors (Lipinski definition) is 4. The summed E-state index contributed by atoms with van der Waals surface area (Å²) >= 11 is 13.1. The van der Waals surface area contributed by atoms with Gasteiger partial charge < -0.3 is 15.4 Å². The number of ether oxygens (including phenoxy) is 1. The van der Waals surface area contributed by atoms with E-state index in [9.17, 15) is 4.79 Å². The Labute approximate surface area is 172 Å². The summed E-state index contributed by atoms with van der Waals surface area (Å²) in [5.74, 6) is -0.0453. The van der Waals surface area contributed by atoms with Crippen molar-refractivity contribution >= 4 is 67.7 Å². The van der Waals surface area contributed by atoms with E-state index in [1.54, 1.807) is 0 Å². The Morgan fingerprint density at radius 2 is 1.93 bits per heavy atom. The predicted octanol–water partition coefficient (Wildman–Crippen LogP) is 6.27. The lowest BCUT2D eigenvalue weighted by molar-refractivity contribution is 0.0606. The molecule has 27 heavy (non-hydrogen) atoms. The normalized spacial score (nSPS) is 10.9. The van der Waals surface area contributed by atoms with Crippen molar-refractivity contribution in [2.24, 2.45) is 0 Å². The van der Waals surface area contributed by atoms with Gasteiger partial charge in [-0.2, -0.15) is 0 Å². The van der Waals surface area contributed by atoms with Crippen molar-refractivity contribution < 1.29 is 9.53 Å². The molecule has 4 nitrogen and oxygen atoms in total. The Bertz CT molecular complexity index is 1010. The predicted molar refractivity (Wildman–Crippen MR) is 119 cm³/mol. The van der Waals surface area contributed by atoms with Crippen molar-refractivity contribution in [1.82, 2.24) is 0 Å². The number of rotatable bonds is 4. The van der Waals surface area contributed by atoms with Crippen LogP contribution in [0.3, 0.4) is 0 Å². The highest BCUT2D eigenvalue weighted by Gasteiger charge is 2.18. The van der Waals surface area contributed by atoms with E-state index in [4.69, 9.17) is 28.6 Å². The summed E-state index contributed by atoms with van der Waals surface area (Å²) < 4.78 is 5.66. The highest BCUT2D eigenvalue weighted by atomic mass is 35.5. The first-order chi connectivity index (χ1) is 12.9. The molecule has 2 aromatic carbocycles. The maximum Gasteiger partial charge on any atom is 0.349 e. The first-order valence-electron chi connectivity index (χ1n) is 8.38. The van der Waals surface area contributed by atoms with Crippen LogP contribution in [-0.2, 0) is 4.74 Å². The molecule has 1 aromatic heterocycles. The van der Waals surface area contributed by atoms with Crippen molar-refractivity contribution in [1.29, 1.82) is 0 Å². The third kappa shape index (κ3) is 4.24. The number of halogens is 1. The quantitative estimate of drug-likeness (QED) is 0.386. The van der Waals surface area contributed by atoms with Gasteiger partial charge >= 0.3 is 5.97 Å². The fourth-order valence-corrected chi connectivity index (χ4v) is 4.46. The standard InChI is InChI=1S/C20H19ClN2O2S2/c1-11(2)13-6-4-5-7-15(13)23-20(26)22-12-8-9-14-16(10-12)27-18(17(14)21)19(24)25-3/h4-11H,1-3H3,(H2,22,23,26). The molecule has 0 bridgehead atoms. The number of thiocarbonyl (C=S) groups is 1. The molecule has 0 aliphatic heterocycles. The molecule has 3 aromatic rings. The molecule has 1 heterocycles. The Morgan fingerprint density at radius 3 is 2.63 bits per heavy atom. The Morgan fingerprint density at radius 1 is 1.19 bits per heavy atom. The molecule has 0 aliphatic carbocycles. The zero-order valence-electron chi connectivity index (χ0n) is 15.1. The van der Waals surface area contributed by atoms with Gasteiger partial charge in [0, 0.05) is 21.5 Å². The number of hydrogen-bond donors (Lipinski definition) is 2. The van der Waals surface area contributed by atoms with Crippen LogP contribution in [0.2, 0.25) is 5.02 Å². The van der Waals surface area contributed by atoms with Crippen LogP contribution in [0, 0.1) is 0 Å². The van der Waals surface area contributed by atoms with Gasteiger partial charge in [-0.3, -0.25) is 0 Å². The minimum atomic E-state index is -0.432. The Kier molecular flexibility index (Phi) is 5.99. The number of methoxy groups -OCH3 is 1. The van der Waals surface area contributed by atoms with Crippen LogP contribution in [-0.4, -0.2) is 18.2 Å². The number of para-hydroxylation sites is 1. The van der Waals surface area contributed by atoms with Crippen LogP contribution in [0.15, 0.2) is 42.5 Å². The minimum absolute atomic E-state index is 0.387. The fraction of sp³-hybridized carbons (Fsp3) is 0.200. The zero-order valence-corrected chi connectivity index (χ0v) is 17.5. The molecule has 0 saturated heterocycles. The third-order valence-electron chi connectivity index (χ3n) is 4.09. The van der Waals surface area contributed by atoms with E-state index in [0.29, 0.717) is 20.9 Å². The summed E-state index contributed by atoms with van der Waals surface area (Å²) in [4.78, 5) is 12.2. The highest BCUT2D eigenvalue weighted by molar-refractivity contribution is 7.80. The number of nitrogens with one attached hydrogen (secondary N) is 2. The van der Waals surface area contributed by atoms with Crippen molar-refractivity contribution in [3.8, 4) is 0 Å². The molecule has 0 unspecified atom stereocenters. The van der Waals surface area contributed by atoms with Crippen molar-refractivity contribution in [2.75, 3.05) is 17.7 Å². The molecule has 140 valence electrons. The second-order valence-corrected chi connectivity index (χ2v) is 8.11. The first-order valence-corrected chi connectivity index (χ1v) is 9.98. The van der Waals surface area contributed by atoms with E-state index in [2.05, 4.69) is 30.5 Å².